The zero-order valence-corrected chi connectivity index (χ0v) is 16.1. The van der Waals surface area contributed by atoms with Crippen LogP contribution in [0.15, 0.2) is 66.9 Å². The van der Waals surface area contributed by atoms with Crippen LogP contribution in [-0.2, 0) is 9.53 Å². The Hall–Kier alpha value is -3.19. The van der Waals surface area contributed by atoms with Crippen molar-refractivity contribution >= 4 is 29.3 Å². The van der Waals surface area contributed by atoms with E-state index >= 15 is 0 Å². The van der Waals surface area contributed by atoms with Gasteiger partial charge in [0.1, 0.15) is 11.7 Å². The van der Waals surface area contributed by atoms with Crippen molar-refractivity contribution in [1.82, 2.24) is 10.6 Å². The first kappa shape index (κ1) is 19.6. The van der Waals surface area contributed by atoms with E-state index in [0.29, 0.717) is 22.1 Å². The number of benzene rings is 2. The quantitative estimate of drug-likeness (QED) is 0.457. The van der Waals surface area contributed by atoms with Crippen LogP contribution in [0.3, 0.4) is 0 Å². The zero-order valence-electron chi connectivity index (χ0n) is 15.3. The fraction of sp³-hybridized carbons (Fsp3) is 0.190. The molecule has 0 bridgehead atoms. The summed E-state index contributed by atoms with van der Waals surface area (Å²) < 4.78 is 10.6. The second kappa shape index (κ2) is 8.67. The fourth-order valence-electron chi connectivity index (χ4n) is 2.95. The molecule has 1 aliphatic heterocycles. The third kappa shape index (κ3) is 4.37. The van der Waals surface area contributed by atoms with Crippen LogP contribution in [0.2, 0.25) is 0 Å². The van der Waals surface area contributed by atoms with Gasteiger partial charge in [-0.05, 0) is 49.0 Å². The molecule has 0 spiro atoms. The van der Waals surface area contributed by atoms with E-state index in [1.807, 2.05) is 6.07 Å². The molecule has 7 heteroatoms. The van der Waals surface area contributed by atoms with E-state index in [0.717, 1.165) is 5.56 Å². The van der Waals surface area contributed by atoms with Crippen molar-refractivity contribution < 1.29 is 19.1 Å². The van der Waals surface area contributed by atoms with Crippen LogP contribution in [-0.4, -0.2) is 23.7 Å². The van der Waals surface area contributed by atoms with Gasteiger partial charge in [-0.15, -0.1) is 0 Å². The summed E-state index contributed by atoms with van der Waals surface area (Å²) in [5.41, 5.74) is 1.74. The van der Waals surface area contributed by atoms with Gasteiger partial charge in [0, 0.05) is 5.70 Å². The summed E-state index contributed by atoms with van der Waals surface area (Å²) in [6, 6.07) is 15.2. The molecule has 0 radical (unpaired) electrons. The lowest BCUT2D eigenvalue weighted by atomic mass is 9.89. The van der Waals surface area contributed by atoms with Crippen molar-refractivity contribution in [3.05, 3.63) is 78.0 Å². The average molecular weight is 396 g/mol. The molecule has 144 valence electrons. The number of hydrogen-bond donors (Lipinski definition) is 2. The SMILES string of the molecule is C=C1NC(=S)N[C@H](c2ccc(OC(=O)c3ccccc3)cc2)[C@@H]1C(=O)OCC. The van der Waals surface area contributed by atoms with E-state index in [-0.39, 0.29) is 12.6 Å². The van der Waals surface area contributed by atoms with Crippen LogP contribution in [0.4, 0.5) is 0 Å². The van der Waals surface area contributed by atoms with Gasteiger partial charge in [0.05, 0.1) is 18.2 Å². The Balaban J connectivity index is 1.78. The van der Waals surface area contributed by atoms with E-state index in [2.05, 4.69) is 17.2 Å². The fourth-order valence-corrected chi connectivity index (χ4v) is 3.21. The number of esters is 2. The van der Waals surface area contributed by atoms with Crippen molar-refractivity contribution in [1.29, 1.82) is 0 Å². The largest absolute Gasteiger partial charge is 0.465 e. The van der Waals surface area contributed by atoms with Gasteiger partial charge in [-0.3, -0.25) is 4.79 Å². The Labute approximate surface area is 168 Å². The Morgan fingerprint density at radius 3 is 2.43 bits per heavy atom. The van der Waals surface area contributed by atoms with Gasteiger partial charge in [-0.25, -0.2) is 4.79 Å². The number of hydrogen-bond acceptors (Lipinski definition) is 5. The number of ether oxygens (including phenoxy) is 2. The van der Waals surface area contributed by atoms with Crippen molar-refractivity contribution in [2.45, 2.75) is 13.0 Å². The molecule has 1 heterocycles. The first-order valence-corrected chi connectivity index (χ1v) is 9.20. The second-order valence-corrected chi connectivity index (χ2v) is 6.56. The number of carbonyl (C=O) groups excluding carboxylic acids is 2. The van der Waals surface area contributed by atoms with Crippen LogP contribution in [0.1, 0.15) is 28.9 Å². The lowest BCUT2D eigenvalue weighted by Crippen LogP contribution is -2.50. The highest BCUT2D eigenvalue weighted by molar-refractivity contribution is 7.80. The summed E-state index contributed by atoms with van der Waals surface area (Å²) in [5, 5.41) is 6.35. The number of carbonyl (C=O) groups is 2. The number of thiocarbonyl (C=S) groups is 1. The summed E-state index contributed by atoms with van der Waals surface area (Å²) in [6.45, 7) is 5.93. The summed E-state index contributed by atoms with van der Waals surface area (Å²) in [4.78, 5) is 24.6. The highest BCUT2D eigenvalue weighted by Gasteiger charge is 2.37. The maximum absolute atomic E-state index is 12.4. The molecule has 0 aromatic heterocycles. The minimum Gasteiger partial charge on any atom is -0.465 e. The van der Waals surface area contributed by atoms with Crippen LogP contribution in [0.25, 0.3) is 0 Å². The topological polar surface area (TPSA) is 76.7 Å². The Bertz CT molecular complexity index is 896. The lowest BCUT2D eigenvalue weighted by Gasteiger charge is -2.34. The third-order valence-corrected chi connectivity index (χ3v) is 4.49. The highest BCUT2D eigenvalue weighted by Crippen LogP contribution is 2.31. The lowest BCUT2D eigenvalue weighted by molar-refractivity contribution is -0.147. The van der Waals surface area contributed by atoms with Gasteiger partial charge in [-0.2, -0.15) is 0 Å². The molecule has 2 N–H and O–H groups in total. The smallest absolute Gasteiger partial charge is 0.343 e. The summed E-state index contributed by atoms with van der Waals surface area (Å²) in [6.07, 6.45) is 0. The molecule has 6 nitrogen and oxygen atoms in total. The van der Waals surface area contributed by atoms with Crippen molar-refractivity contribution in [3.63, 3.8) is 0 Å². The number of nitrogens with one attached hydrogen (secondary N) is 2. The van der Waals surface area contributed by atoms with E-state index < -0.39 is 17.9 Å². The molecule has 1 saturated heterocycles. The van der Waals surface area contributed by atoms with Gasteiger partial charge >= 0.3 is 11.9 Å². The predicted octanol–water partition coefficient (Wildman–Crippen LogP) is 3.12. The minimum absolute atomic E-state index is 0.272. The second-order valence-electron chi connectivity index (χ2n) is 6.16. The molecule has 0 aliphatic carbocycles. The third-order valence-electron chi connectivity index (χ3n) is 4.27. The maximum Gasteiger partial charge on any atom is 0.343 e. The van der Waals surface area contributed by atoms with E-state index in [1.165, 1.54) is 0 Å². The Kier molecular flexibility index (Phi) is 6.06. The monoisotopic (exact) mass is 396 g/mol. The molecule has 3 rings (SSSR count). The Morgan fingerprint density at radius 2 is 1.79 bits per heavy atom. The average Bonchev–Trinajstić information content (AvgIpc) is 2.68. The standard InChI is InChI=1S/C21H20N2O4S/c1-3-26-20(25)17-13(2)22-21(28)23-18(17)14-9-11-16(12-10-14)27-19(24)15-7-5-4-6-8-15/h4-12,17-18H,2-3H2,1H3,(H2,22,23,28)/t17-,18-/m1/s1. The summed E-state index contributed by atoms with van der Waals surface area (Å²) in [5.74, 6) is -1.06. The van der Waals surface area contributed by atoms with Gasteiger partial charge in [0.15, 0.2) is 5.11 Å². The molecule has 2 aromatic rings. The van der Waals surface area contributed by atoms with Crippen LogP contribution in [0, 0.1) is 5.92 Å². The van der Waals surface area contributed by atoms with Crippen molar-refractivity contribution in [3.8, 4) is 5.75 Å². The molecule has 1 fully saturated rings. The molecule has 0 saturated carbocycles. The number of rotatable bonds is 5. The molecule has 2 aromatic carbocycles. The first-order chi connectivity index (χ1) is 13.5. The first-order valence-electron chi connectivity index (χ1n) is 8.79. The van der Waals surface area contributed by atoms with Crippen LogP contribution < -0.4 is 15.4 Å². The van der Waals surface area contributed by atoms with Crippen LogP contribution >= 0.6 is 12.2 Å². The summed E-state index contributed by atoms with van der Waals surface area (Å²) >= 11 is 5.20. The van der Waals surface area contributed by atoms with E-state index in [9.17, 15) is 9.59 Å². The maximum atomic E-state index is 12.4. The van der Waals surface area contributed by atoms with Gasteiger partial charge in [0.25, 0.3) is 0 Å². The molecule has 1 aliphatic rings. The minimum atomic E-state index is -0.635. The van der Waals surface area contributed by atoms with E-state index in [1.54, 1.807) is 55.5 Å². The molecule has 28 heavy (non-hydrogen) atoms. The highest BCUT2D eigenvalue weighted by atomic mass is 32.1. The molecular weight excluding hydrogens is 376 g/mol. The normalized spacial score (nSPS) is 18.6. The van der Waals surface area contributed by atoms with Crippen LogP contribution in [0.5, 0.6) is 5.75 Å². The molecule has 2 atom stereocenters. The zero-order chi connectivity index (χ0) is 20.1. The van der Waals surface area contributed by atoms with E-state index in [4.69, 9.17) is 21.7 Å². The molecule has 0 unspecified atom stereocenters. The Morgan fingerprint density at radius 1 is 1.11 bits per heavy atom. The summed E-state index contributed by atoms with van der Waals surface area (Å²) in [7, 11) is 0. The van der Waals surface area contributed by atoms with Gasteiger partial charge < -0.3 is 20.1 Å². The molecule has 0 amide bonds. The predicted molar refractivity (Wildman–Crippen MR) is 109 cm³/mol. The molecular formula is C21H20N2O4S. The van der Waals surface area contributed by atoms with Gasteiger partial charge in [0.2, 0.25) is 0 Å². The van der Waals surface area contributed by atoms with Crippen molar-refractivity contribution in [2.24, 2.45) is 5.92 Å². The van der Waals surface area contributed by atoms with Gasteiger partial charge in [-0.1, -0.05) is 36.9 Å². The van der Waals surface area contributed by atoms with Crippen molar-refractivity contribution in [2.75, 3.05) is 6.61 Å².